The Labute approximate surface area is 145 Å². The normalized spacial score (nSPS) is 11.1. The molecule has 0 spiro atoms. The van der Waals surface area contributed by atoms with E-state index in [1.807, 2.05) is 0 Å². The summed E-state index contributed by atoms with van der Waals surface area (Å²) in [7, 11) is 3.17. The van der Waals surface area contributed by atoms with Crippen molar-refractivity contribution < 1.29 is 19.1 Å². The van der Waals surface area contributed by atoms with Gasteiger partial charge in [-0.15, -0.1) is 0 Å². The molecule has 25 heavy (non-hydrogen) atoms. The molecule has 132 valence electrons. The fourth-order valence-electron chi connectivity index (χ4n) is 2.38. The Morgan fingerprint density at radius 2 is 1.76 bits per heavy atom. The predicted molar refractivity (Wildman–Crippen MR) is 91.5 cm³/mol. The number of aromatic nitrogens is 1. The largest absolute Gasteiger partial charge is 0.505 e. The van der Waals surface area contributed by atoms with Gasteiger partial charge in [-0.25, -0.2) is 9.37 Å². The summed E-state index contributed by atoms with van der Waals surface area (Å²) in [5, 5.41) is 12.7. The van der Waals surface area contributed by atoms with E-state index in [0.29, 0.717) is 11.1 Å². The van der Waals surface area contributed by atoms with Crippen molar-refractivity contribution in [3.05, 3.63) is 48.0 Å². The third-order valence-corrected chi connectivity index (χ3v) is 3.63. The van der Waals surface area contributed by atoms with Gasteiger partial charge in [0, 0.05) is 25.9 Å². The highest BCUT2D eigenvalue weighted by Gasteiger charge is 2.32. The van der Waals surface area contributed by atoms with Crippen LogP contribution in [0.25, 0.3) is 11.1 Å². The molecule has 0 saturated carbocycles. The summed E-state index contributed by atoms with van der Waals surface area (Å²) in [6.45, 7) is 3.13. The van der Waals surface area contributed by atoms with Gasteiger partial charge in [0.05, 0.1) is 0 Å². The average molecular weight is 345 g/mol. The molecule has 2 rings (SSSR count). The van der Waals surface area contributed by atoms with Crippen molar-refractivity contribution in [3.8, 4) is 16.9 Å². The molecule has 0 fully saturated rings. The smallest absolute Gasteiger partial charge is 0.274 e. The standard InChI is InChI=1S/C18H20FN3O3/c1-18(2,17(25)22(3)4)21-16(24)15-14(23)9-12(10-20-15)11-5-7-13(19)8-6-11/h5-10,23H,1-4H3,(H,21,24). The number of carbonyl (C=O) groups excluding carboxylic acids is 2. The molecule has 1 aromatic heterocycles. The zero-order valence-corrected chi connectivity index (χ0v) is 14.5. The number of aromatic hydroxyl groups is 1. The van der Waals surface area contributed by atoms with E-state index in [2.05, 4.69) is 10.3 Å². The van der Waals surface area contributed by atoms with Gasteiger partial charge in [-0.1, -0.05) is 12.1 Å². The third-order valence-electron chi connectivity index (χ3n) is 3.63. The van der Waals surface area contributed by atoms with Crippen molar-refractivity contribution in [3.63, 3.8) is 0 Å². The second kappa shape index (κ2) is 6.88. The van der Waals surface area contributed by atoms with Crippen molar-refractivity contribution in [1.82, 2.24) is 15.2 Å². The Morgan fingerprint density at radius 3 is 2.28 bits per heavy atom. The fraction of sp³-hybridized carbons (Fsp3) is 0.278. The second-order valence-corrected chi connectivity index (χ2v) is 6.38. The Balaban J connectivity index is 2.24. The van der Waals surface area contributed by atoms with Gasteiger partial charge in [-0.05, 0) is 37.6 Å². The summed E-state index contributed by atoms with van der Waals surface area (Å²) < 4.78 is 13.0. The van der Waals surface area contributed by atoms with Gasteiger partial charge in [0.1, 0.15) is 17.1 Å². The molecule has 2 aromatic rings. The number of nitrogens with one attached hydrogen (secondary N) is 1. The number of hydrogen-bond donors (Lipinski definition) is 2. The molecule has 1 aromatic carbocycles. The monoisotopic (exact) mass is 345 g/mol. The zero-order chi connectivity index (χ0) is 18.8. The minimum Gasteiger partial charge on any atom is -0.505 e. The van der Waals surface area contributed by atoms with Crippen LogP contribution in [0.2, 0.25) is 0 Å². The highest BCUT2D eigenvalue weighted by atomic mass is 19.1. The lowest BCUT2D eigenvalue weighted by atomic mass is 10.0. The van der Waals surface area contributed by atoms with Gasteiger partial charge < -0.3 is 15.3 Å². The molecule has 0 aliphatic heterocycles. The van der Waals surface area contributed by atoms with Gasteiger partial charge in [0.25, 0.3) is 5.91 Å². The van der Waals surface area contributed by atoms with Crippen LogP contribution in [0.5, 0.6) is 5.75 Å². The Bertz CT molecular complexity index is 802. The maximum Gasteiger partial charge on any atom is 0.274 e. The molecule has 0 saturated heterocycles. The van der Waals surface area contributed by atoms with E-state index in [9.17, 15) is 19.1 Å². The number of rotatable bonds is 4. The Morgan fingerprint density at radius 1 is 1.16 bits per heavy atom. The molecule has 7 heteroatoms. The molecular weight excluding hydrogens is 325 g/mol. The van der Waals surface area contributed by atoms with Gasteiger partial charge in [-0.2, -0.15) is 0 Å². The summed E-state index contributed by atoms with van der Waals surface area (Å²) in [6.07, 6.45) is 1.41. The van der Waals surface area contributed by atoms with Crippen LogP contribution >= 0.6 is 0 Å². The lowest BCUT2D eigenvalue weighted by Gasteiger charge is -2.28. The molecule has 2 amide bonds. The van der Waals surface area contributed by atoms with Crippen LogP contribution in [0.4, 0.5) is 4.39 Å². The van der Waals surface area contributed by atoms with E-state index in [1.54, 1.807) is 40.1 Å². The van der Waals surface area contributed by atoms with Crippen LogP contribution in [0, 0.1) is 5.82 Å². The van der Waals surface area contributed by atoms with E-state index < -0.39 is 11.4 Å². The first-order valence-electron chi connectivity index (χ1n) is 7.61. The number of amides is 2. The first-order chi connectivity index (χ1) is 11.6. The van der Waals surface area contributed by atoms with E-state index in [-0.39, 0.29) is 23.2 Å². The van der Waals surface area contributed by atoms with Crippen molar-refractivity contribution in [2.45, 2.75) is 19.4 Å². The van der Waals surface area contributed by atoms with Crippen LogP contribution in [0.3, 0.4) is 0 Å². The highest BCUT2D eigenvalue weighted by Crippen LogP contribution is 2.25. The summed E-state index contributed by atoms with van der Waals surface area (Å²) >= 11 is 0. The number of halogens is 1. The van der Waals surface area contributed by atoms with Crippen molar-refractivity contribution in [2.75, 3.05) is 14.1 Å². The van der Waals surface area contributed by atoms with E-state index >= 15 is 0 Å². The molecule has 0 atom stereocenters. The quantitative estimate of drug-likeness (QED) is 0.890. The SMILES string of the molecule is CN(C)C(=O)C(C)(C)NC(=O)c1ncc(-c2ccc(F)cc2)cc1O. The zero-order valence-electron chi connectivity index (χ0n) is 14.5. The highest BCUT2D eigenvalue weighted by molar-refractivity contribution is 5.99. The number of likely N-dealkylation sites (N-methyl/N-ethyl adjacent to an activating group) is 1. The van der Waals surface area contributed by atoms with Crippen LogP contribution in [-0.2, 0) is 4.79 Å². The van der Waals surface area contributed by atoms with Crippen LogP contribution < -0.4 is 5.32 Å². The first-order valence-corrected chi connectivity index (χ1v) is 7.61. The Hall–Kier alpha value is -2.96. The molecule has 1 heterocycles. The first kappa shape index (κ1) is 18.4. The summed E-state index contributed by atoms with van der Waals surface area (Å²) in [6, 6.07) is 7.05. The fourth-order valence-corrected chi connectivity index (χ4v) is 2.38. The van der Waals surface area contributed by atoms with E-state index in [1.165, 1.54) is 29.3 Å². The van der Waals surface area contributed by atoms with Crippen molar-refractivity contribution in [1.29, 1.82) is 0 Å². The van der Waals surface area contributed by atoms with Crippen LogP contribution in [0.15, 0.2) is 36.5 Å². The van der Waals surface area contributed by atoms with Gasteiger partial charge in [0.15, 0.2) is 5.69 Å². The second-order valence-electron chi connectivity index (χ2n) is 6.38. The van der Waals surface area contributed by atoms with E-state index in [0.717, 1.165) is 0 Å². The summed E-state index contributed by atoms with van der Waals surface area (Å²) in [5.41, 5.74) is -0.146. The molecule has 6 nitrogen and oxygen atoms in total. The minimum absolute atomic E-state index is 0.189. The number of carbonyl (C=O) groups is 2. The molecule has 2 N–H and O–H groups in total. The van der Waals surface area contributed by atoms with Crippen LogP contribution in [0.1, 0.15) is 24.3 Å². The maximum atomic E-state index is 13.0. The van der Waals surface area contributed by atoms with Crippen molar-refractivity contribution >= 4 is 11.8 Å². The van der Waals surface area contributed by atoms with Gasteiger partial charge in [0.2, 0.25) is 5.91 Å². The van der Waals surface area contributed by atoms with Crippen molar-refractivity contribution in [2.24, 2.45) is 0 Å². The topological polar surface area (TPSA) is 82.5 Å². The average Bonchev–Trinajstić information content (AvgIpc) is 2.54. The number of nitrogens with zero attached hydrogens (tertiary/aromatic N) is 2. The third kappa shape index (κ3) is 4.12. The molecule has 0 aliphatic rings. The van der Waals surface area contributed by atoms with Gasteiger partial charge in [-0.3, -0.25) is 9.59 Å². The molecule has 0 bridgehead atoms. The number of benzene rings is 1. The molecule has 0 unspecified atom stereocenters. The predicted octanol–water partition coefficient (Wildman–Crippen LogP) is 2.19. The lowest BCUT2D eigenvalue weighted by Crippen LogP contribution is -2.54. The molecular formula is C18H20FN3O3. The number of pyridine rings is 1. The molecule has 0 aliphatic carbocycles. The lowest BCUT2D eigenvalue weighted by molar-refractivity contribution is -0.134. The molecule has 0 radical (unpaired) electrons. The van der Waals surface area contributed by atoms with Gasteiger partial charge >= 0.3 is 0 Å². The summed E-state index contributed by atoms with van der Waals surface area (Å²) in [4.78, 5) is 29.8. The maximum absolute atomic E-state index is 13.0. The number of hydrogen-bond acceptors (Lipinski definition) is 4. The van der Waals surface area contributed by atoms with E-state index in [4.69, 9.17) is 0 Å². The van der Waals surface area contributed by atoms with Crippen LogP contribution in [-0.4, -0.2) is 46.4 Å². The minimum atomic E-state index is -1.15. The Kier molecular flexibility index (Phi) is 5.06. The summed E-state index contributed by atoms with van der Waals surface area (Å²) in [5.74, 6) is -1.65.